The van der Waals surface area contributed by atoms with Crippen LogP contribution in [-0.4, -0.2) is 14.9 Å². The van der Waals surface area contributed by atoms with E-state index < -0.39 is 4.92 Å². The van der Waals surface area contributed by atoms with Crippen LogP contribution >= 0.6 is 27.5 Å². The van der Waals surface area contributed by atoms with E-state index in [2.05, 4.69) is 31.2 Å². The van der Waals surface area contributed by atoms with Gasteiger partial charge in [-0.1, -0.05) is 0 Å². The molecule has 0 saturated heterocycles. The molecule has 0 aliphatic rings. The van der Waals surface area contributed by atoms with Crippen molar-refractivity contribution in [2.24, 2.45) is 0 Å². The molecule has 0 fully saturated rings. The summed E-state index contributed by atoms with van der Waals surface area (Å²) in [5, 5.41) is 22.7. The third-order valence-corrected chi connectivity index (χ3v) is 3.39. The fourth-order valence-electron chi connectivity index (χ4n) is 1.65. The first-order valence-electron chi connectivity index (χ1n) is 5.57. The smallest absolute Gasteiger partial charge is 0.332 e. The zero-order chi connectivity index (χ0) is 15.6. The normalized spacial score (nSPS) is 10.0. The average molecular weight is 369 g/mol. The summed E-state index contributed by atoms with van der Waals surface area (Å²) in [6, 6.07) is 6.77. The number of aryl methyl sites for hydroxylation is 1. The van der Waals surface area contributed by atoms with E-state index in [-0.39, 0.29) is 22.5 Å². The van der Waals surface area contributed by atoms with Crippen molar-refractivity contribution in [2.45, 2.75) is 6.92 Å². The Bertz CT molecular complexity index is 775. The van der Waals surface area contributed by atoms with E-state index in [1.54, 1.807) is 18.2 Å². The molecule has 1 aromatic carbocycles. The Morgan fingerprint density at radius 3 is 2.76 bits per heavy atom. The molecule has 0 bridgehead atoms. The minimum atomic E-state index is -0.578. The van der Waals surface area contributed by atoms with Gasteiger partial charge in [-0.25, -0.2) is 4.98 Å². The average Bonchev–Trinajstić information content (AvgIpc) is 2.39. The Kier molecular flexibility index (Phi) is 4.35. The van der Waals surface area contributed by atoms with E-state index in [0.29, 0.717) is 15.7 Å². The van der Waals surface area contributed by atoms with Gasteiger partial charge in [0.1, 0.15) is 5.69 Å². The second kappa shape index (κ2) is 6.03. The van der Waals surface area contributed by atoms with Gasteiger partial charge in [-0.05, 0) is 52.7 Å². The van der Waals surface area contributed by atoms with Crippen LogP contribution < -0.4 is 5.32 Å². The SMILES string of the molecule is Cc1nc(Cl)nc(Nc2ccc(C#N)cc2Br)c1[N+](=O)[O-]. The summed E-state index contributed by atoms with van der Waals surface area (Å²) in [5.74, 6) is -0.0112. The maximum atomic E-state index is 11.1. The van der Waals surface area contributed by atoms with E-state index in [4.69, 9.17) is 16.9 Å². The number of hydrogen-bond donors (Lipinski definition) is 1. The van der Waals surface area contributed by atoms with Gasteiger partial charge >= 0.3 is 5.69 Å². The van der Waals surface area contributed by atoms with Crippen molar-refractivity contribution in [3.63, 3.8) is 0 Å². The molecular weight excluding hydrogens is 362 g/mol. The van der Waals surface area contributed by atoms with E-state index in [1.165, 1.54) is 6.92 Å². The summed E-state index contributed by atoms with van der Waals surface area (Å²) in [5.41, 5.74) is 0.882. The van der Waals surface area contributed by atoms with Crippen LogP contribution in [-0.2, 0) is 0 Å². The highest BCUT2D eigenvalue weighted by Crippen LogP contribution is 2.32. The van der Waals surface area contributed by atoms with Crippen molar-refractivity contribution in [2.75, 3.05) is 5.32 Å². The van der Waals surface area contributed by atoms with Crippen molar-refractivity contribution in [1.29, 1.82) is 5.26 Å². The molecule has 9 heteroatoms. The fraction of sp³-hybridized carbons (Fsp3) is 0.0833. The molecule has 0 atom stereocenters. The zero-order valence-corrected chi connectivity index (χ0v) is 12.9. The van der Waals surface area contributed by atoms with Crippen LogP contribution in [0.3, 0.4) is 0 Å². The molecule has 2 aromatic rings. The topological polar surface area (TPSA) is 105 Å². The first kappa shape index (κ1) is 15.2. The Labute approximate surface area is 132 Å². The lowest BCUT2D eigenvalue weighted by Crippen LogP contribution is -2.04. The first-order valence-corrected chi connectivity index (χ1v) is 6.74. The van der Waals surface area contributed by atoms with E-state index in [1.807, 2.05) is 6.07 Å². The fourth-order valence-corrected chi connectivity index (χ4v) is 2.34. The predicted octanol–water partition coefficient (Wildman–Crippen LogP) is 3.72. The number of anilines is 2. The van der Waals surface area contributed by atoms with Gasteiger partial charge in [0, 0.05) is 4.47 Å². The number of nitrogens with one attached hydrogen (secondary N) is 1. The van der Waals surface area contributed by atoms with Gasteiger partial charge < -0.3 is 5.32 Å². The number of hydrogen-bond acceptors (Lipinski definition) is 6. The predicted molar refractivity (Wildman–Crippen MR) is 80.6 cm³/mol. The van der Waals surface area contributed by atoms with Gasteiger partial charge in [0.2, 0.25) is 11.1 Å². The van der Waals surface area contributed by atoms with Crippen LogP contribution in [0, 0.1) is 28.4 Å². The lowest BCUT2D eigenvalue weighted by atomic mass is 10.2. The molecule has 106 valence electrons. The van der Waals surface area contributed by atoms with E-state index >= 15 is 0 Å². The molecule has 1 aromatic heterocycles. The number of nitro groups is 1. The van der Waals surface area contributed by atoms with Gasteiger partial charge in [-0.3, -0.25) is 10.1 Å². The lowest BCUT2D eigenvalue weighted by Gasteiger charge is -2.09. The molecule has 1 heterocycles. The van der Waals surface area contributed by atoms with Gasteiger partial charge in [0.25, 0.3) is 0 Å². The number of nitrogens with zero attached hydrogens (tertiary/aromatic N) is 4. The van der Waals surface area contributed by atoms with Crippen LogP contribution in [0.25, 0.3) is 0 Å². The van der Waals surface area contributed by atoms with Crippen molar-refractivity contribution in [3.05, 3.63) is 49.3 Å². The highest BCUT2D eigenvalue weighted by molar-refractivity contribution is 9.10. The summed E-state index contributed by atoms with van der Waals surface area (Å²) in [4.78, 5) is 18.2. The molecule has 0 amide bonds. The number of nitriles is 1. The summed E-state index contributed by atoms with van der Waals surface area (Å²) in [6.45, 7) is 1.48. The van der Waals surface area contributed by atoms with Crippen molar-refractivity contribution in [1.82, 2.24) is 9.97 Å². The monoisotopic (exact) mass is 367 g/mol. The second-order valence-electron chi connectivity index (χ2n) is 3.96. The third-order valence-electron chi connectivity index (χ3n) is 2.56. The van der Waals surface area contributed by atoms with Gasteiger partial charge in [-0.15, -0.1) is 0 Å². The summed E-state index contributed by atoms with van der Waals surface area (Å²) < 4.78 is 0.572. The van der Waals surface area contributed by atoms with Crippen LogP contribution in [0.2, 0.25) is 5.28 Å². The molecule has 2 rings (SSSR count). The molecule has 21 heavy (non-hydrogen) atoms. The Morgan fingerprint density at radius 2 is 2.19 bits per heavy atom. The number of aromatic nitrogens is 2. The van der Waals surface area contributed by atoms with Gasteiger partial charge in [0.05, 0.1) is 22.2 Å². The molecule has 0 radical (unpaired) electrons. The maximum absolute atomic E-state index is 11.1. The summed E-state index contributed by atoms with van der Waals surface area (Å²) >= 11 is 9.03. The van der Waals surface area contributed by atoms with Crippen LogP contribution in [0.1, 0.15) is 11.3 Å². The highest BCUT2D eigenvalue weighted by Gasteiger charge is 2.22. The minimum Gasteiger partial charge on any atom is -0.333 e. The molecule has 7 nitrogen and oxygen atoms in total. The van der Waals surface area contributed by atoms with Crippen LogP contribution in [0.15, 0.2) is 22.7 Å². The van der Waals surface area contributed by atoms with Gasteiger partial charge in [-0.2, -0.15) is 10.2 Å². The molecule has 0 aliphatic carbocycles. The molecule has 0 aliphatic heterocycles. The van der Waals surface area contributed by atoms with Crippen molar-refractivity contribution in [3.8, 4) is 6.07 Å². The minimum absolute atomic E-state index is 0.0112. The zero-order valence-electron chi connectivity index (χ0n) is 10.6. The van der Waals surface area contributed by atoms with E-state index in [9.17, 15) is 10.1 Å². The van der Waals surface area contributed by atoms with Crippen molar-refractivity contribution >= 4 is 44.7 Å². The van der Waals surface area contributed by atoms with Crippen molar-refractivity contribution < 1.29 is 4.92 Å². The summed E-state index contributed by atoms with van der Waals surface area (Å²) in [7, 11) is 0. The molecule has 0 saturated carbocycles. The number of rotatable bonds is 3. The number of benzene rings is 1. The van der Waals surface area contributed by atoms with E-state index in [0.717, 1.165) is 0 Å². The molecule has 0 spiro atoms. The standard InChI is InChI=1S/C12H7BrClN5O2/c1-6-10(19(20)21)11(18-12(14)16-6)17-9-3-2-7(5-15)4-8(9)13/h2-4H,1H3,(H,16,17,18). The van der Waals surface area contributed by atoms with Crippen LogP contribution in [0.5, 0.6) is 0 Å². The maximum Gasteiger partial charge on any atom is 0.332 e. The quantitative estimate of drug-likeness (QED) is 0.503. The molecule has 1 N–H and O–H groups in total. The Balaban J connectivity index is 2.49. The Hall–Kier alpha value is -2.24. The highest BCUT2D eigenvalue weighted by atomic mass is 79.9. The summed E-state index contributed by atoms with van der Waals surface area (Å²) in [6.07, 6.45) is 0. The largest absolute Gasteiger partial charge is 0.333 e. The van der Waals surface area contributed by atoms with Crippen LogP contribution in [0.4, 0.5) is 17.2 Å². The molecule has 0 unspecified atom stereocenters. The number of halogens is 2. The second-order valence-corrected chi connectivity index (χ2v) is 5.16. The molecular formula is C12H7BrClN5O2. The first-order chi connectivity index (χ1) is 9.92. The van der Waals surface area contributed by atoms with Gasteiger partial charge in [0.15, 0.2) is 0 Å². The Morgan fingerprint density at radius 1 is 1.48 bits per heavy atom. The third kappa shape index (κ3) is 3.26. The lowest BCUT2D eigenvalue weighted by molar-refractivity contribution is -0.385.